The third kappa shape index (κ3) is 3.91. The first-order chi connectivity index (χ1) is 12.4. The highest BCUT2D eigenvalue weighted by Crippen LogP contribution is 2.61. The maximum absolute atomic E-state index is 13.1. The van der Waals surface area contributed by atoms with Crippen LogP contribution in [0.15, 0.2) is 0 Å². The predicted octanol–water partition coefficient (Wildman–Crippen LogP) is 1.84. The lowest BCUT2D eigenvalue weighted by Crippen LogP contribution is -2.52. The average molecular weight is 364 g/mol. The van der Waals surface area contributed by atoms with Crippen molar-refractivity contribution in [3.8, 4) is 0 Å². The van der Waals surface area contributed by atoms with Crippen molar-refractivity contribution in [1.29, 1.82) is 0 Å². The molecule has 6 heteroatoms. The summed E-state index contributed by atoms with van der Waals surface area (Å²) in [5, 5.41) is 8.90. The molecule has 1 aliphatic heterocycles. The SMILES string of the molecule is CN(CC(=O)O)CC1CN(C(=O)CC23CC4CC(CC(C4)C2)C3)CCO1. The molecule has 4 aliphatic carbocycles. The monoisotopic (exact) mass is 364 g/mol. The lowest BCUT2D eigenvalue weighted by atomic mass is 9.49. The molecule has 4 bridgehead atoms. The van der Waals surface area contributed by atoms with Gasteiger partial charge in [0.15, 0.2) is 0 Å². The van der Waals surface area contributed by atoms with E-state index in [0.29, 0.717) is 38.6 Å². The van der Waals surface area contributed by atoms with Crippen molar-refractivity contribution >= 4 is 11.9 Å². The standard InChI is InChI=1S/C20H32N2O4/c1-21(13-19(24)25)11-17-12-22(2-3-26-17)18(23)10-20-7-14-4-15(8-20)6-16(5-14)9-20/h14-17H,2-13H2,1H3,(H,24,25). The summed E-state index contributed by atoms with van der Waals surface area (Å²) in [5.74, 6) is 2.07. The quantitative estimate of drug-likeness (QED) is 0.779. The van der Waals surface area contributed by atoms with Crippen LogP contribution < -0.4 is 0 Å². The number of likely N-dealkylation sites (N-methyl/N-ethyl adjacent to an activating group) is 1. The Hall–Kier alpha value is -1.14. The van der Waals surface area contributed by atoms with Gasteiger partial charge in [0, 0.05) is 26.1 Å². The molecule has 4 saturated carbocycles. The molecule has 5 aliphatic rings. The topological polar surface area (TPSA) is 70.1 Å². The second-order valence-electron chi connectivity index (χ2n) is 9.52. The fraction of sp³-hybridized carbons (Fsp3) is 0.900. The van der Waals surface area contributed by atoms with Crippen molar-refractivity contribution in [1.82, 2.24) is 9.80 Å². The second-order valence-corrected chi connectivity index (χ2v) is 9.52. The first kappa shape index (κ1) is 18.2. The molecule has 1 unspecified atom stereocenters. The van der Waals surface area contributed by atoms with E-state index in [4.69, 9.17) is 9.84 Å². The van der Waals surface area contributed by atoms with Gasteiger partial charge < -0.3 is 14.7 Å². The maximum atomic E-state index is 13.1. The third-order valence-electron chi connectivity index (χ3n) is 7.10. The van der Waals surface area contributed by atoms with Crippen LogP contribution in [0.4, 0.5) is 0 Å². The van der Waals surface area contributed by atoms with Gasteiger partial charge in [0.1, 0.15) is 0 Å². The fourth-order valence-corrected chi connectivity index (χ4v) is 6.64. The Balaban J connectivity index is 1.32. The molecule has 5 fully saturated rings. The van der Waals surface area contributed by atoms with Crippen LogP contribution in [-0.4, -0.2) is 72.7 Å². The smallest absolute Gasteiger partial charge is 0.317 e. The molecule has 0 aromatic carbocycles. The van der Waals surface area contributed by atoms with E-state index in [9.17, 15) is 9.59 Å². The number of carbonyl (C=O) groups excluding carboxylic acids is 1. The number of hydrogen-bond acceptors (Lipinski definition) is 4. The van der Waals surface area contributed by atoms with E-state index in [1.807, 2.05) is 4.90 Å². The van der Waals surface area contributed by atoms with Crippen LogP contribution in [0.5, 0.6) is 0 Å². The molecule has 1 amide bonds. The zero-order valence-corrected chi connectivity index (χ0v) is 15.9. The minimum absolute atomic E-state index is 0.00107. The molecule has 5 rings (SSSR count). The van der Waals surface area contributed by atoms with Gasteiger partial charge in [0.2, 0.25) is 5.91 Å². The molecular weight excluding hydrogens is 332 g/mol. The van der Waals surface area contributed by atoms with Gasteiger partial charge in [-0.25, -0.2) is 0 Å². The van der Waals surface area contributed by atoms with Crippen molar-refractivity contribution in [2.75, 3.05) is 39.8 Å². The largest absolute Gasteiger partial charge is 0.480 e. The fourth-order valence-electron chi connectivity index (χ4n) is 6.64. The summed E-state index contributed by atoms with van der Waals surface area (Å²) < 4.78 is 5.78. The van der Waals surface area contributed by atoms with Crippen LogP contribution >= 0.6 is 0 Å². The van der Waals surface area contributed by atoms with Crippen LogP contribution in [0.2, 0.25) is 0 Å². The van der Waals surface area contributed by atoms with E-state index >= 15 is 0 Å². The highest BCUT2D eigenvalue weighted by Gasteiger charge is 2.51. The average Bonchev–Trinajstić information content (AvgIpc) is 2.52. The molecule has 1 saturated heterocycles. The Morgan fingerprint density at radius 1 is 1.15 bits per heavy atom. The number of carbonyl (C=O) groups is 2. The number of ether oxygens (including phenoxy) is 1. The molecule has 1 N–H and O–H groups in total. The highest BCUT2D eigenvalue weighted by molar-refractivity contribution is 5.77. The summed E-state index contributed by atoms with van der Waals surface area (Å²) in [6.45, 7) is 2.37. The zero-order valence-electron chi connectivity index (χ0n) is 15.9. The van der Waals surface area contributed by atoms with E-state index in [-0.39, 0.29) is 18.1 Å². The van der Waals surface area contributed by atoms with E-state index < -0.39 is 5.97 Å². The molecule has 26 heavy (non-hydrogen) atoms. The van der Waals surface area contributed by atoms with E-state index in [0.717, 1.165) is 17.8 Å². The molecule has 0 radical (unpaired) electrons. The molecule has 1 atom stereocenters. The van der Waals surface area contributed by atoms with Crippen LogP contribution in [0.25, 0.3) is 0 Å². The van der Waals surface area contributed by atoms with Gasteiger partial charge in [-0.05, 0) is 68.7 Å². The van der Waals surface area contributed by atoms with Gasteiger partial charge >= 0.3 is 5.97 Å². The number of carboxylic acids is 1. The van der Waals surface area contributed by atoms with Crippen molar-refractivity contribution in [2.24, 2.45) is 23.2 Å². The number of morpholine rings is 1. The number of aliphatic carboxylic acids is 1. The molecular formula is C20H32N2O4. The number of amides is 1. The van der Waals surface area contributed by atoms with Crippen LogP contribution in [0.1, 0.15) is 44.9 Å². The van der Waals surface area contributed by atoms with Crippen LogP contribution in [0, 0.1) is 23.2 Å². The van der Waals surface area contributed by atoms with Gasteiger partial charge in [-0.3, -0.25) is 14.5 Å². The minimum Gasteiger partial charge on any atom is -0.480 e. The third-order valence-corrected chi connectivity index (χ3v) is 7.10. The van der Waals surface area contributed by atoms with Crippen LogP contribution in [0.3, 0.4) is 0 Å². The van der Waals surface area contributed by atoms with E-state index in [2.05, 4.69) is 0 Å². The summed E-state index contributed by atoms with van der Waals surface area (Å²) in [4.78, 5) is 27.6. The first-order valence-corrected chi connectivity index (χ1v) is 10.2. The normalized spacial score (nSPS) is 38.8. The van der Waals surface area contributed by atoms with Crippen LogP contribution in [-0.2, 0) is 14.3 Å². The first-order valence-electron chi connectivity index (χ1n) is 10.2. The highest BCUT2D eigenvalue weighted by atomic mass is 16.5. The van der Waals surface area contributed by atoms with Crippen molar-refractivity contribution in [3.05, 3.63) is 0 Å². The lowest BCUT2D eigenvalue weighted by Gasteiger charge is -2.57. The molecule has 0 spiro atoms. The van der Waals surface area contributed by atoms with Gasteiger partial charge in [0.05, 0.1) is 19.3 Å². The number of rotatable bonds is 6. The predicted molar refractivity (Wildman–Crippen MR) is 96.7 cm³/mol. The molecule has 146 valence electrons. The Morgan fingerprint density at radius 2 is 1.77 bits per heavy atom. The number of hydrogen-bond donors (Lipinski definition) is 1. The summed E-state index contributed by atoms with van der Waals surface area (Å²) in [6, 6.07) is 0. The van der Waals surface area contributed by atoms with Gasteiger partial charge in [0.25, 0.3) is 0 Å². The zero-order chi connectivity index (χ0) is 18.3. The van der Waals surface area contributed by atoms with Gasteiger partial charge in [-0.2, -0.15) is 0 Å². The van der Waals surface area contributed by atoms with Crippen molar-refractivity contribution in [3.63, 3.8) is 0 Å². The maximum Gasteiger partial charge on any atom is 0.317 e. The van der Waals surface area contributed by atoms with E-state index in [1.165, 1.54) is 38.5 Å². The molecule has 1 heterocycles. The Kier molecular flexibility index (Phi) is 4.99. The summed E-state index contributed by atoms with van der Waals surface area (Å²) in [6.07, 6.45) is 8.64. The minimum atomic E-state index is -0.835. The Bertz CT molecular complexity index is 529. The summed E-state index contributed by atoms with van der Waals surface area (Å²) >= 11 is 0. The van der Waals surface area contributed by atoms with Gasteiger partial charge in [-0.1, -0.05) is 0 Å². The van der Waals surface area contributed by atoms with Crippen molar-refractivity contribution < 1.29 is 19.4 Å². The van der Waals surface area contributed by atoms with Gasteiger partial charge in [-0.15, -0.1) is 0 Å². The molecule has 0 aromatic heterocycles. The lowest BCUT2D eigenvalue weighted by molar-refractivity contribution is -0.148. The second kappa shape index (κ2) is 7.12. The van der Waals surface area contributed by atoms with E-state index in [1.54, 1.807) is 11.9 Å². The summed E-state index contributed by atoms with van der Waals surface area (Å²) in [5.41, 5.74) is 0.278. The molecule has 6 nitrogen and oxygen atoms in total. The number of nitrogens with zero attached hydrogens (tertiary/aromatic N) is 2. The van der Waals surface area contributed by atoms with Crippen molar-refractivity contribution in [2.45, 2.75) is 51.0 Å². The summed E-state index contributed by atoms with van der Waals surface area (Å²) in [7, 11) is 1.79. The Morgan fingerprint density at radius 3 is 2.35 bits per heavy atom. The Labute approximate surface area is 155 Å². The number of carboxylic acid groups (broad SMARTS) is 1. The molecule has 0 aromatic rings.